The normalized spacial score (nSPS) is 10.0. The molecule has 4 nitrogen and oxygen atoms in total. The number of rotatable bonds is 4. The number of urea groups is 1. The van der Waals surface area contributed by atoms with Gasteiger partial charge in [0.05, 0.1) is 0 Å². The Morgan fingerprint density at radius 3 is 2.38 bits per heavy atom. The molecule has 3 N–H and O–H groups in total. The van der Waals surface area contributed by atoms with Gasteiger partial charge < -0.3 is 16.0 Å². The third-order valence-corrected chi connectivity index (χ3v) is 2.88. The van der Waals surface area contributed by atoms with Crippen LogP contribution in [0.2, 0.25) is 0 Å². The van der Waals surface area contributed by atoms with Crippen LogP contribution in [0.25, 0.3) is 0 Å². The van der Waals surface area contributed by atoms with E-state index in [1.807, 2.05) is 0 Å². The van der Waals surface area contributed by atoms with Crippen LogP contribution in [0.1, 0.15) is 5.56 Å². The van der Waals surface area contributed by atoms with Gasteiger partial charge in [-0.3, -0.25) is 0 Å². The highest BCUT2D eigenvalue weighted by Crippen LogP contribution is 2.16. The molecule has 0 unspecified atom stereocenters. The Balaban J connectivity index is 1.97. The fourth-order valence-electron chi connectivity index (χ4n) is 1.75. The molecule has 2 aromatic carbocycles. The zero-order valence-electron chi connectivity index (χ0n) is 11.4. The number of anilines is 2. The first-order valence-corrected chi connectivity index (χ1v) is 6.35. The van der Waals surface area contributed by atoms with Gasteiger partial charge in [-0.15, -0.1) is 0 Å². The fourth-order valence-corrected chi connectivity index (χ4v) is 1.75. The fraction of sp³-hybridized carbons (Fsp3) is 0.133. The zero-order valence-corrected chi connectivity index (χ0v) is 11.4. The SMILES string of the molecule is CNC(=O)Nc1ccc(NCc2cccc(F)c2F)cc1. The molecule has 0 spiro atoms. The van der Waals surface area contributed by atoms with E-state index in [0.717, 1.165) is 11.8 Å². The molecular formula is C15H15F2N3O. The molecule has 21 heavy (non-hydrogen) atoms. The maximum Gasteiger partial charge on any atom is 0.318 e. The number of hydrogen-bond acceptors (Lipinski definition) is 2. The molecule has 0 saturated heterocycles. The first kappa shape index (κ1) is 14.8. The minimum Gasteiger partial charge on any atom is -0.381 e. The summed E-state index contributed by atoms with van der Waals surface area (Å²) >= 11 is 0. The van der Waals surface area contributed by atoms with Crippen molar-refractivity contribution in [2.24, 2.45) is 0 Å². The number of carbonyl (C=O) groups is 1. The molecular weight excluding hydrogens is 276 g/mol. The number of benzene rings is 2. The zero-order chi connectivity index (χ0) is 15.2. The summed E-state index contributed by atoms with van der Waals surface area (Å²) in [5.41, 5.74) is 1.63. The Hall–Kier alpha value is -2.63. The summed E-state index contributed by atoms with van der Waals surface area (Å²) in [5, 5.41) is 8.05. The van der Waals surface area contributed by atoms with E-state index in [-0.39, 0.29) is 18.1 Å². The molecule has 0 aliphatic heterocycles. The van der Waals surface area contributed by atoms with Gasteiger partial charge in [-0.05, 0) is 30.3 Å². The first-order valence-electron chi connectivity index (χ1n) is 6.35. The highest BCUT2D eigenvalue weighted by atomic mass is 19.2. The van der Waals surface area contributed by atoms with Crippen LogP contribution in [-0.2, 0) is 6.54 Å². The minimum atomic E-state index is -0.862. The van der Waals surface area contributed by atoms with Gasteiger partial charge in [0, 0.05) is 30.5 Å². The summed E-state index contributed by atoms with van der Waals surface area (Å²) in [6.45, 7) is 0.172. The van der Waals surface area contributed by atoms with Crippen molar-refractivity contribution in [2.75, 3.05) is 17.7 Å². The second kappa shape index (κ2) is 6.69. The summed E-state index contributed by atoms with van der Waals surface area (Å²) < 4.78 is 26.5. The standard InChI is InChI=1S/C15H15F2N3O/c1-18-15(21)20-12-7-5-11(6-8-12)19-9-10-3-2-4-13(16)14(10)17/h2-8,19H,9H2,1H3,(H2,18,20,21). The van der Waals surface area contributed by atoms with Gasteiger partial charge in [-0.2, -0.15) is 0 Å². The molecule has 0 aliphatic rings. The number of nitrogens with one attached hydrogen (secondary N) is 3. The van der Waals surface area contributed by atoms with Gasteiger partial charge in [0.2, 0.25) is 0 Å². The van der Waals surface area contributed by atoms with Gasteiger partial charge in [0.1, 0.15) is 0 Å². The lowest BCUT2D eigenvalue weighted by molar-refractivity contribution is 0.254. The largest absolute Gasteiger partial charge is 0.381 e. The van der Waals surface area contributed by atoms with Crippen LogP contribution in [0.15, 0.2) is 42.5 Å². The predicted molar refractivity (Wildman–Crippen MR) is 78.2 cm³/mol. The van der Waals surface area contributed by atoms with E-state index >= 15 is 0 Å². The van der Waals surface area contributed by atoms with Gasteiger partial charge in [0.15, 0.2) is 11.6 Å². The van der Waals surface area contributed by atoms with E-state index in [0.29, 0.717) is 5.69 Å². The molecule has 0 aliphatic carbocycles. The maximum atomic E-state index is 13.5. The monoisotopic (exact) mass is 291 g/mol. The smallest absolute Gasteiger partial charge is 0.318 e. The van der Waals surface area contributed by atoms with Crippen LogP contribution < -0.4 is 16.0 Å². The van der Waals surface area contributed by atoms with Crippen molar-refractivity contribution in [1.29, 1.82) is 0 Å². The van der Waals surface area contributed by atoms with Crippen molar-refractivity contribution >= 4 is 17.4 Å². The van der Waals surface area contributed by atoms with E-state index in [4.69, 9.17) is 0 Å². The number of carbonyl (C=O) groups excluding carboxylic acids is 1. The average Bonchev–Trinajstić information content (AvgIpc) is 2.50. The Morgan fingerprint density at radius 2 is 1.71 bits per heavy atom. The molecule has 6 heteroatoms. The molecule has 2 rings (SSSR count). The molecule has 2 aromatic rings. The molecule has 0 radical (unpaired) electrons. The summed E-state index contributed by atoms with van der Waals surface area (Å²) in [5.74, 6) is -1.71. The predicted octanol–water partition coefficient (Wildman–Crippen LogP) is 3.33. The quantitative estimate of drug-likeness (QED) is 0.809. The molecule has 110 valence electrons. The molecule has 0 bridgehead atoms. The number of halogens is 2. The van der Waals surface area contributed by atoms with E-state index in [9.17, 15) is 13.6 Å². The lowest BCUT2D eigenvalue weighted by Gasteiger charge is -2.09. The molecule has 0 saturated carbocycles. The molecule has 2 amide bonds. The van der Waals surface area contributed by atoms with E-state index in [1.54, 1.807) is 24.3 Å². The molecule has 0 fully saturated rings. The molecule has 0 atom stereocenters. The van der Waals surface area contributed by atoms with E-state index < -0.39 is 11.6 Å². The van der Waals surface area contributed by atoms with Crippen molar-refractivity contribution in [1.82, 2.24) is 5.32 Å². The lowest BCUT2D eigenvalue weighted by atomic mass is 10.2. The lowest BCUT2D eigenvalue weighted by Crippen LogP contribution is -2.24. The highest BCUT2D eigenvalue weighted by Gasteiger charge is 2.07. The van der Waals surface area contributed by atoms with Crippen LogP contribution in [-0.4, -0.2) is 13.1 Å². The van der Waals surface area contributed by atoms with Gasteiger partial charge in [-0.25, -0.2) is 13.6 Å². The Morgan fingerprint density at radius 1 is 1.05 bits per heavy atom. The van der Waals surface area contributed by atoms with Crippen molar-refractivity contribution in [3.8, 4) is 0 Å². The summed E-state index contributed by atoms with van der Waals surface area (Å²) in [6, 6.07) is 10.7. The Labute approximate surface area is 121 Å². The minimum absolute atomic E-state index is 0.172. The maximum absolute atomic E-state index is 13.5. The Bertz CT molecular complexity index is 629. The van der Waals surface area contributed by atoms with Crippen LogP contribution >= 0.6 is 0 Å². The van der Waals surface area contributed by atoms with E-state index in [1.165, 1.54) is 19.2 Å². The van der Waals surface area contributed by atoms with Crippen molar-refractivity contribution in [2.45, 2.75) is 6.54 Å². The Kier molecular flexibility index (Phi) is 4.71. The van der Waals surface area contributed by atoms with Crippen LogP contribution in [0.5, 0.6) is 0 Å². The van der Waals surface area contributed by atoms with Crippen molar-refractivity contribution in [3.63, 3.8) is 0 Å². The van der Waals surface area contributed by atoms with Crippen molar-refractivity contribution in [3.05, 3.63) is 59.7 Å². The van der Waals surface area contributed by atoms with Crippen molar-refractivity contribution < 1.29 is 13.6 Å². The number of amides is 2. The summed E-state index contributed by atoms with van der Waals surface area (Å²) in [4.78, 5) is 11.1. The van der Waals surface area contributed by atoms with Gasteiger partial charge in [-0.1, -0.05) is 12.1 Å². The molecule has 0 heterocycles. The third kappa shape index (κ3) is 3.92. The second-order valence-electron chi connectivity index (χ2n) is 4.35. The average molecular weight is 291 g/mol. The third-order valence-electron chi connectivity index (χ3n) is 2.88. The molecule has 0 aromatic heterocycles. The first-order chi connectivity index (χ1) is 10.1. The highest BCUT2D eigenvalue weighted by molar-refractivity contribution is 5.89. The van der Waals surface area contributed by atoms with Gasteiger partial charge >= 0.3 is 6.03 Å². The number of hydrogen-bond donors (Lipinski definition) is 3. The van der Waals surface area contributed by atoms with Crippen LogP contribution in [0, 0.1) is 11.6 Å². The van der Waals surface area contributed by atoms with Crippen LogP contribution in [0.4, 0.5) is 25.0 Å². The topological polar surface area (TPSA) is 53.2 Å². The van der Waals surface area contributed by atoms with E-state index in [2.05, 4.69) is 16.0 Å². The van der Waals surface area contributed by atoms with Crippen LogP contribution in [0.3, 0.4) is 0 Å². The summed E-state index contributed by atoms with van der Waals surface area (Å²) in [6.07, 6.45) is 0. The van der Waals surface area contributed by atoms with Gasteiger partial charge in [0.25, 0.3) is 0 Å². The second-order valence-corrected chi connectivity index (χ2v) is 4.35. The summed E-state index contributed by atoms with van der Waals surface area (Å²) in [7, 11) is 1.53.